The molecule has 1 aromatic carbocycles. The highest BCUT2D eigenvalue weighted by Gasteiger charge is 2.28. The first-order valence-corrected chi connectivity index (χ1v) is 6.88. The number of benzene rings is 1. The summed E-state index contributed by atoms with van der Waals surface area (Å²) in [6, 6.07) is 7.26. The minimum absolute atomic E-state index is 0.0714. The van der Waals surface area contributed by atoms with Gasteiger partial charge in [-0.15, -0.1) is 0 Å². The summed E-state index contributed by atoms with van der Waals surface area (Å²) in [6.07, 6.45) is 0.374. The van der Waals surface area contributed by atoms with E-state index in [1.54, 1.807) is 11.0 Å². The molecule has 0 radical (unpaired) electrons. The van der Waals surface area contributed by atoms with E-state index in [1.807, 2.05) is 25.1 Å². The smallest absolute Gasteiger partial charge is 0.255 e. The zero-order valence-electron chi connectivity index (χ0n) is 11.7. The maximum atomic E-state index is 12.6. The van der Waals surface area contributed by atoms with E-state index < -0.39 is 6.10 Å². The van der Waals surface area contributed by atoms with Gasteiger partial charge in [-0.05, 0) is 24.5 Å². The highest BCUT2D eigenvalue weighted by atomic mass is 16.3. The lowest BCUT2D eigenvalue weighted by Gasteiger charge is -2.34. The molecule has 20 heavy (non-hydrogen) atoms. The molecule has 1 aromatic rings. The molecule has 2 unspecified atom stereocenters. The van der Waals surface area contributed by atoms with E-state index in [9.17, 15) is 9.90 Å². The van der Waals surface area contributed by atoms with Crippen LogP contribution < -0.4 is 5.73 Å². The molecular formula is C16H20N2O2. The minimum atomic E-state index is -0.449. The summed E-state index contributed by atoms with van der Waals surface area (Å²) in [5, 5.41) is 9.92. The van der Waals surface area contributed by atoms with Crippen molar-refractivity contribution in [3.05, 3.63) is 35.4 Å². The molecule has 1 aliphatic rings. The summed E-state index contributed by atoms with van der Waals surface area (Å²) in [5.74, 6) is 5.87. The Morgan fingerprint density at radius 1 is 1.50 bits per heavy atom. The zero-order chi connectivity index (χ0) is 14.5. The van der Waals surface area contributed by atoms with Crippen LogP contribution in [0, 0.1) is 17.8 Å². The van der Waals surface area contributed by atoms with Gasteiger partial charge >= 0.3 is 0 Å². The van der Waals surface area contributed by atoms with Crippen LogP contribution in [0.2, 0.25) is 0 Å². The minimum Gasteiger partial charge on any atom is -0.391 e. The van der Waals surface area contributed by atoms with Crippen LogP contribution in [-0.4, -0.2) is 41.7 Å². The molecule has 3 N–H and O–H groups in total. The first kappa shape index (κ1) is 14.6. The second kappa shape index (κ2) is 6.56. The van der Waals surface area contributed by atoms with Crippen LogP contribution in [0.15, 0.2) is 24.3 Å². The van der Waals surface area contributed by atoms with E-state index in [2.05, 4.69) is 11.8 Å². The third-order valence-electron chi connectivity index (χ3n) is 3.69. The summed E-state index contributed by atoms with van der Waals surface area (Å²) in [6.45, 7) is 3.34. The number of amides is 1. The molecule has 2 rings (SSSR count). The summed E-state index contributed by atoms with van der Waals surface area (Å²) < 4.78 is 0. The third-order valence-corrected chi connectivity index (χ3v) is 3.69. The van der Waals surface area contributed by atoms with Crippen molar-refractivity contribution in [1.82, 2.24) is 4.90 Å². The van der Waals surface area contributed by atoms with Crippen LogP contribution in [0.25, 0.3) is 0 Å². The Morgan fingerprint density at radius 2 is 2.25 bits per heavy atom. The number of hydrogen-bond acceptors (Lipinski definition) is 3. The van der Waals surface area contributed by atoms with Crippen molar-refractivity contribution in [3.63, 3.8) is 0 Å². The molecule has 1 aliphatic heterocycles. The second-order valence-corrected chi connectivity index (χ2v) is 5.14. The fourth-order valence-corrected chi connectivity index (χ4v) is 2.33. The van der Waals surface area contributed by atoms with Crippen LogP contribution in [0.5, 0.6) is 0 Å². The Morgan fingerprint density at radius 3 is 2.95 bits per heavy atom. The van der Waals surface area contributed by atoms with Crippen molar-refractivity contribution >= 4 is 5.91 Å². The van der Waals surface area contributed by atoms with Crippen LogP contribution in [-0.2, 0) is 0 Å². The molecule has 1 heterocycles. The molecule has 106 valence electrons. The number of aliphatic hydroxyl groups excluding tert-OH is 1. The van der Waals surface area contributed by atoms with E-state index >= 15 is 0 Å². The van der Waals surface area contributed by atoms with Crippen LogP contribution in [0.1, 0.15) is 29.3 Å². The highest BCUT2D eigenvalue weighted by molar-refractivity contribution is 5.96. The highest BCUT2D eigenvalue weighted by Crippen LogP contribution is 2.20. The average Bonchev–Trinajstić information content (AvgIpc) is 2.47. The maximum Gasteiger partial charge on any atom is 0.255 e. The lowest BCUT2D eigenvalue weighted by molar-refractivity contribution is 0.0248. The number of likely N-dealkylation sites (tertiary alicyclic amines) is 1. The van der Waals surface area contributed by atoms with Crippen molar-refractivity contribution in [2.45, 2.75) is 19.4 Å². The number of β-amino-alcohol motifs (C(OH)–C–C–N with tert-alkyl or cyclic N) is 1. The molecule has 1 saturated heterocycles. The lowest BCUT2D eigenvalue weighted by Crippen LogP contribution is -2.46. The Kier molecular flexibility index (Phi) is 4.78. The normalized spacial score (nSPS) is 22.1. The number of rotatable bonds is 1. The van der Waals surface area contributed by atoms with E-state index in [0.29, 0.717) is 24.2 Å². The molecule has 0 saturated carbocycles. The van der Waals surface area contributed by atoms with Crippen molar-refractivity contribution in [3.8, 4) is 11.8 Å². The molecule has 1 fully saturated rings. The van der Waals surface area contributed by atoms with Gasteiger partial charge < -0.3 is 15.7 Å². The fraction of sp³-hybridized carbons (Fsp3) is 0.438. The molecule has 0 aliphatic carbocycles. The lowest BCUT2D eigenvalue weighted by atomic mass is 9.95. The van der Waals surface area contributed by atoms with Gasteiger partial charge in [0.15, 0.2) is 0 Å². The van der Waals surface area contributed by atoms with E-state index in [0.717, 1.165) is 6.42 Å². The number of hydrogen-bond donors (Lipinski definition) is 2. The van der Waals surface area contributed by atoms with Crippen molar-refractivity contribution in [2.75, 3.05) is 19.6 Å². The van der Waals surface area contributed by atoms with E-state index in [4.69, 9.17) is 5.73 Å². The van der Waals surface area contributed by atoms with Crippen molar-refractivity contribution < 1.29 is 9.90 Å². The molecule has 4 nitrogen and oxygen atoms in total. The van der Waals surface area contributed by atoms with Gasteiger partial charge in [0.25, 0.3) is 5.91 Å². The summed E-state index contributed by atoms with van der Waals surface area (Å²) in [4.78, 5) is 14.3. The largest absolute Gasteiger partial charge is 0.391 e. The van der Waals surface area contributed by atoms with Crippen LogP contribution in [0.4, 0.5) is 0 Å². The number of carbonyl (C=O) groups excluding carboxylic acids is 1. The standard InChI is InChI=1S/C16H20N2O2/c1-12-8-10-18(11-15(12)19)16(20)14-7-3-2-5-13(14)6-4-9-17/h2-3,5,7,12,15,19H,8-11,17H2,1H3. The first-order chi connectivity index (χ1) is 9.63. The summed E-state index contributed by atoms with van der Waals surface area (Å²) in [7, 11) is 0. The predicted octanol–water partition coefficient (Wildman–Crippen LogP) is 0.840. The van der Waals surface area contributed by atoms with Gasteiger partial charge in [0.2, 0.25) is 0 Å². The number of nitrogens with zero attached hydrogens (tertiary/aromatic N) is 1. The number of nitrogens with two attached hydrogens (primary N) is 1. The Labute approximate surface area is 119 Å². The summed E-state index contributed by atoms with van der Waals surface area (Å²) in [5.41, 5.74) is 6.65. The van der Waals surface area contributed by atoms with Gasteiger partial charge in [0.1, 0.15) is 0 Å². The van der Waals surface area contributed by atoms with Gasteiger partial charge in [-0.25, -0.2) is 0 Å². The van der Waals surface area contributed by atoms with Crippen LogP contribution in [0.3, 0.4) is 0 Å². The van der Waals surface area contributed by atoms with Crippen LogP contribution >= 0.6 is 0 Å². The Balaban J connectivity index is 2.21. The van der Waals surface area contributed by atoms with Gasteiger partial charge in [0, 0.05) is 18.7 Å². The molecule has 0 aromatic heterocycles. The zero-order valence-corrected chi connectivity index (χ0v) is 11.7. The van der Waals surface area contributed by atoms with E-state index in [1.165, 1.54) is 0 Å². The predicted molar refractivity (Wildman–Crippen MR) is 78.1 cm³/mol. The van der Waals surface area contributed by atoms with Gasteiger partial charge in [-0.1, -0.05) is 30.9 Å². The van der Waals surface area contributed by atoms with Gasteiger partial charge in [-0.2, -0.15) is 0 Å². The molecule has 4 heteroatoms. The molecule has 0 bridgehead atoms. The number of carbonyl (C=O) groups is 1. The van der Waals surface area contributed by atoms with Crippen molar-refractivity contribution in [1.29, 1.82) is 0 Å². The molecular weight excluding hydrogens is 252 g/mol. The maximum absolute atomic E-state index is 12.6. The molecule has 0 spiro atoms. The fourth-order valence-electron chi connectivity index (χ4n) is 2.33. The van der Waals surface area contributed by atoms with Gasteiger partial charge in [-0.3, -0.25) is 4.79 Å². The van der Waals surface area contributed by atoms with Crippen molar-refractivity contribution in [2.24, 2.45) is 11.7 Å². The quantitative estimate of drug-likeness (QED) is 0.745. The SMILES string of the molecule is CC1CCN(C(=O)c2ccccc2C#CCN)CC1O. The molecule has 1 amide bonds. The third kappa shape index (κ3) is 3.19. The Hall–Kier alpha value is -1.83. The average molecular weight is 272 g/mol. The number of aliphatic hydroxyl groups is 1. The first-order valence-electron chi connectivity index (χ1n) is 6.88. The molecule has 2 atom stereocenters. The second-order valence-electron chi connectivity index (χ2n) is 5.14. The van der Waals surface area contributed by atoms with Gasteiger partial charge in [0.05, 0.1) is 18.2 Å². The number of piperidine rings is 1. The summed E-state index contributed by atoms with van der Waals surface area (Å²) >= 11 is 0. The Bertz CT molecular complexity index is 545. The monoisotopic (exact) mass is 272 g/mol. The topological polar surface area (TPSA) is 66.6 Å². The van der Waals surface area contributed by atoms with E-state index in [-0.39, 0.29) is 18.4 Å².